The van der Waals surface area contributed by atoms with Gasteiger partial charge in [-0.25, -0.2) is 0 Å². The highest BCUT2D eigenvalue weighted by Crippen LogP contribution is 2.75. The minimum Gasteiger partial charge on any atom is -0.506 e. The zero-order valence-corrected chi connectivity index (χ0v) is 32.7. The number of fused-ring (bicyclic) bond motifs is 3. The molecule has 0 aromatic heterocycles. The maximum atomic E-state index is 13.9. The molecule has 0 saturated heterocycles. The lowest BCUT2D eigenvalue weighted by Gasteiger charge is -2.65. The van der Waals surface area contributed by atoms with Crippen LogP contribution >= 0.6 is 0 Å². The molecule has 13 atom stereocenters. The number of hydrogen-bond acceptors (Lipinski definition) is 18. The van der Waals surface area contributed by atoms with Gasteiger partial charge in [-0.1, -0.05) is 26.8 Å². The van der Waals surface area contributed by atoms with Crippen LogP contribution in [-0.2, 0) is 19.0 Å². The van der Waals surface area contributed by atoms with Crippen LogP contribution < -0.4 is 0 Å². The van der Waals surface area contributed by atoms with Gasteiger partial charge in [-0.3, -0.25) is 4.79 Å². The minimum atomic E-state index is -2.48. The molecule has 326 valence electrons. The second-order valence-corrected chi connectivity index (χ2v) is 16.7. The van der Waals surface area contributed by atoms with E-state index < -0.39 is 132 Å². The topological polar surface area (TPSA) is 328 Å². The lowest BCUT2D eigenvalue weighted by Crippen LogP contribution is -2.62. The van der Waals surface area contributed by atoms with E-state index >= 15 is 0 Å². The molecule has 2 bridgehead atoms. The van der Waals surface area contributed by atoms with Gasteiger partial charge in [0.15, 0.2) is 23.0 Å². The van der Waals surface area contributed by atoms with E-state index in [2.05, 4.69) is 13.5 Å². The van der Waals surface area contributed by atoms with Gasteiger partial charge in [0.2, 0.25) is 17.8 Å². The SMILES string of the molecule is C=C1C[C@@]23CCC4[C@@](C)(CCC[C@@]4(C)C(=O)OC(O)/C(O)=C(/O)C(O)CCO)C2CC[C@]1(OC(O)/C(O)=C(/OC(O)/C(O)=C(/O)C(O)CCO)C(O)CCO)[C@@H]3C. The van der Waals surface area contributed by atoms with Gasteiger partial charge < -0.3 is 85.7 Å². The predicted octanol–water partition coefficient (Wildman–Crippen LogP) is 1.51. The average Bonchev–Trinajstić information content (AvgIpc) is 3.26. The zero-order chi connectivity index (χ0) is 42.8. The maximum absolute atomic E-state index is 13.9. The molecule has 0 aliphatic heterocycles. The van der Waals surface area contributed by atoms with E-state index in [-0.39, 0.29) is 24.2 Å². The van der Waals surface area contributed by atoms with E-state index in [1.807, 2.05) is 6.92 Å². The van der Waals surface area contributed by atoms with Gasteiger partial charge in [-0.15, -0.1) is 0 Å². The molecule has 8 unspecified atom stereocenters. The Bertz CT molecular complexity index is 1560. The fraction of sp³-hybridized carbons (Fsp3) is 0.769. The molecule has 0 amide bonds. The van der Waals surface area contributed by atoms with Crippen LogP contribution in [0.4, 0.5) is 0 Å². The number of carbonyl (C=O) groups excluding carboxylic acids is 1. The molecule has 0 aromatic rings. The van der Waals surface area contributed by atoms with E-state index in [1.165, 1.54) is 0 Å². The summed E-state index contributed by atoms with van der Waals surface area (Å²) in [7, 11) is 0. The lowest BCUT2D eigenvalue weighted by atomic mass is 9.39. The van der Waals surface area contributed by atoms with Crippen molar-refractivity contribution in [3.8, 4) is 0 Å². The van der Waals surface area contributed by atoms with Gasteiger partial charge in [-0.05, 0) is 86.0 Å². The molecule has 0 heterocycles. The van der Waals surface area contributed by atoms with Gasteiger partial charge in [-0.2, -0.15) is 0 Å². The molecule has 4 rings (SSSR count). The third kappa shape index (κ3) is 8.35. The highest BCUT2D eigenvalue weighted by atomic mass is 16.7. The number of rotatable bonds is 18. The van der Waals surface area contributed by atoms with Crippen molar-refractivity contribution in [2.24, 2.45) is 34.0 Å². The second-order valence-electron chi connectivity index (χ2n) is 16.7. The highest BCUT2D eigenvalue weighted by Gasteiger charge is 2.71. The second kappa shape index (κ2) is 18.0. The standard InChI is InChI=1S/C39H62O18/c1-19-18-38-13-6-24-36(3,11-5-12-37(24,4)35(54)56-33(52)29(49)27(47)22(44)9-16-41)25(38)7-14-39(19,20(38)2)57-34(53)30(50)31(23(45)10-17-42)55-32(51)28(48)26(46)21(43)8-15-40/h20-25,32-34,40-53H,1,5-18H2,2-4H3/b28-26-,29-27-,31-30-/t20-,21?,22?,23?,24?,25?,32?,33?,34?,36-,37-,38-,39-/m1/s1. The molecule has 18 heteroatoms. The number of esters is 1. The van der Waals surface area contributed by atoms with Gasteiger partial charge in [0.25, 0.3) is 12.6 Å². The molecule has 57 heavy (non-hydrogen) atoms. The normalized spacial score (nSPS) is 35.6. The molecule has 4 fully saturated rings. The monoisotopic (exact) mass is 818 g/mol. The van der Waals surface area contributed by atoms with Crippen LogP contribution in [0.5, 0.6) is 0 Å². The van der Waals surface area contributed by atoms with Crippen molar-refractivity contribution < 1.29 is 90.5 Å². The Morgan fingerprint density at radius 1 is 0.684 bits per heavy atom. The van der Waals surface area contributed by atoms with Crippen LogP contribution in [-0.4, -0.2) is 140 Å². The molecule has 14 N–H and O–H groups in total. The molecule has 0 aromatic carbocycles. The largest absolute Gasteiger partial charge is 0.506 e. The van der Waals surface area contributed by atoms with Crippen LogP contribution in [0.15, 0.2) is 46.7 Å². The van der Waals surface area contributed by atoms with Crippen molar-refractivity contribution in [3.05, 3.63) is 46.7 Å². The first-order chi connectivity index (χ1) is 26.6. The van der Waals surface area contributed by atoms with Gasteiger partial charge in [0.05, 0.1) is 11.0 Å². The first-order valence-corrected chi connectivity index (χ1v) is 19.4. The molecule has 4 saturated carbocycles. The van der Waals surface area contributed by atoms with Crippen molar-refractivity contribution in [3.63, 3.8) is 0 Å². The summed E-state index contributed by atoms with van der Waals surface area (Å²) < 4.78 is 16.7. The van der Waals surface area contributed by atoms with E-state index in [4.69, 9.17) is 24.4 Å². The number of aliphatic hydroxyl groups excluding tert-OH is 14. The summed E-state index contributed by atoms with van der Waals surface area (Å²) in [5.74, 6) is -7.96. The summed E-state index contributed by atoms with van der Waals surface area (Å²) in [6.45, 7) is 8.48. The van der Waals surface area contributed by atoms with Gasteiger partial charge >= 0.3 is 5.97 Å². The Balaban J connectivity index is 1.60. The summed E-state index contributed by atoms with van der Waals surface area (Å²) in [5.41, 5.74) is -2.57. The number of hydrogen-bond donors (Lipinski definition) is 14. The molecular formula is C39H62O18. The minimum absolute atomic E-state index is 0.00312. The smallest absolute Gasteiger partial charge is 0.314 e. The Morgan fingerprint density at radius 2 is 1.19 bits per heavy atom. The van der Waals surface area contributed by atoms with Crippen molar-refractivity contribution in [2.75, 3.05) is 19.8 Å². The lowest BCUT2D eigenvalue weighted by molar-refractivity contribution is -0.238. The Hall–Kier alpha value is -3.17. The molecule has 18 nitrogen and oxygen atoms in total. The van der Waals surface area contributed by atoms with Crippen molar-refractivity contribution in [2.45, 2.75) is 134 Å². The van der Waals surface area contributed by atoms with Crippen LogP contribution in [0.25, 0.3) is 0 Å². The summed E-state index contributed by atoms with van der Waals surface area (Å²) in [4.78, 5) is 13.9. The highest BCUT2D eigenvalue weighted by molar-refractivity contribution is 5.77. The van der Waals surface area contributed by atoms with Crippen molar-refractivity contribution in [1.82, 2.24) is 0 Å². The number of carbonyl (C=O) groups is 1. The predicted molar refractivity (Wildman–Crippen MR) is 197 cm³/mol. The summed E-state index contributed by atoms with van der Waals surface area (Å²) in [6, 6.07) is 0. The Labute approximate surface area is 330 Å². The molecule has 4 aliphatic rings. The zero-order valence-electron chi connectivity index (χ0n) is 32.7. The molecule has 0 radical (unpaired) electrons. The summed E-state index contributed by atoms with van der Waals surface area (Å²) in [5, 5.41) is 142. The first-order valence-electron chi connectivity index (χ1n) is 19.4. The quantitative estimate of drug-likeness (QED) is 0.0403. The fourth-order valence-electron chi connectivity index (χ4n) is 10.8. The third-order valence-corrected chi connectivity index (χ3v) is 13.7. The van der Waals surface area contributed by atoms with Crippen LogP contribution in [0.2, 0.25) is 0 Å². The Kier molecular flexibility index (Phi) is 14.7. The van der Waals surface area contributed by atoms with Crippen molar-refractivity contribution >= 4 is 5.97 Å². The summed E-state index contributed by atoms with van der Waals surface area (Å²) >= 11 is 0. The average molecular weight is 819 g/mol. The van der Waals surface area contributed by atoms with E-state index in [1.54, 1.807) is 6.92 Å². The first kappa shape index (κ1) is 46.5. The summed E-state index contributed by atoms with van der Waals surface area (Å²) in [6.07, 6.45) is -9.15. The molecule has 1 spiro atoms. The van der Waals surface area contributed by atoms with E-state index in [9.17, 15) is 66.1 Å². The third-order valence-electron chi connectivity index (χ3n) is 13.7. The van der Waals surface area contributed by atoms with E-state index in [0.717, 1.165) is 6.42 Å². The molecule has 4 aliphatic carbocycles. The van der Waals surface area contributed by atoms with Crippen LogP contribution in [0.3, 0.4) is 0 Å². The fourth-order valence-corrected chi connectivity index (χ4v) is 10.8. The van der Waals surface area contributed by atoms with Crippen LogP contribution in [0.1, 0.15) is 91.4 Å². The van der Waals surface area contributed by atoms with Crippen molar-refractivity contribution in [1.29, 1.82) is 0 Å². The molecular weight excluding hydrogens is 756 g/mol. The van der Waals surface area contributed by atoms with Gasteiger partial charge in [0, 0.05) is 39.1 Å². The number of ether oxygens (including phenoxy) is 3. The maximum Gasteiger partial charge on any atom is 0.314 e. The van der Waals surface area contributed by atoms with E-state index in [0.29, 0.717) is 50.5 Å². The Morgan fingerprint density at radius 3 is 1.74 bits per heavy atom. The number of aliphatic hydroxyl groups is 14. The van der Waals surface area contributed by atoms with Gasteiger partial charge in [0.1, 0.15) is 18.3 Å². The van der Waals surface area contributed by atoms with Crippen LogP contribution in [0, 0.1) is 34.0 Å².